The molecule has 27 heavy (non-hydrogen) atoms. The van der Waals surface area contributed by atoms with E-state index in [0.29, 0.717) is 33.0 Å². The molecule has 6 nitrogen and oxygen atoms in total. The Bertz CT molecular complexity index is 332. The van der Waals surface area contributed by atoms with E-state index in [0.717, 1.165) is 58.0 Å². The topological polar surface area (TPSA) is 72.2 Å². The zero-order chi connectivity index (χ0) is 19.7. The number of hydrogen-bond acceptors (Lipinski definition) is 6. The van der Waals surface area contributed by atoms with E-state index in [1.807, 2.05) is 0 Å². The van der Waals surface area contributed by atoms with Crippen molar-refractivity contribution in [2.24, 2.45) is 5.73 Å². The molecular formula is C21H43NO5. The van der Waals surface area contributed by atoms with Gasteiger partial charge < -0.3 is 29.4 Å². The predicted molar refractivity (Wildman–Crippen MR) is 108 cm³/mol. The number of nitrogens with two attached hydrogens (primary N) is 1. The Balaban J connectivity index is 2.72. The van der Waals surface area contributed by atoms with Crippen molar-refractivity contribution < 1.29 is 23.7 Å². The van der Waals surface area contributed by atoms with E-state index in [9.17, 15) is 0 Å². The Morgan fingerprint density at radius 3 is 1.85 bits per heavy atom. The van der Waals surface area contributed by atoms with E-state index < -0.39 is 6.29 Å². The number of hydrogen-bond donors (Lipinski definition) is 1. The van der Waals surface area contributed by atoms with Crippen LogP contribution in [0.25, 0.3) is 0 Å². The fraction of sp³-hybridized carbons (Fsp3) is 1.00. The van der Waals surface area contributed by atoms with Crippen molar-refractivity contribution in [3.8, 4) is 0 Å². The minimum atomic E-state index is -0.405. The van der Waals surface area contributed by atoms with Crippen LogP contribution in [0.1, 0.15) is 72.1 Å². The largest absolute Gasteiger partial charge is 0.373 e. The monoisotopic (exact) mass is 389 g/mol. The predicted octanol–water partition coefficient (Wildman–Crippen LogP) is 3.65. The zero-order valence-electron chi connectivity index (χ0n) is 17.8. The summed E-state index contributed by atoms with van der Waals surface area (Å²) in [7, 11) is 0. The Morgan fingerprint density at radius 2 is 1.26 bits per heavy atom. The first-order chi connectivity index (χ1) is 13.3. The highest BCUT2D eigenvalue weighted by Crippen LogP contribution is 2.25. The van der Waals surface area contributed by atoms with E-state index in [1.165, 1.54) is 0 Å². The van der Waals surface area contributed by atoms with Crippen molar-refractivity contribution in [3.05, 3.63) is 0 Å². The summed E-state index contributed by atoms with van der Waals surface area (Å²) in [4.78, 5) is 0. The van der Waals surface area contributed by atoms with Crippen LogP contribution in [-0.2, 0) is 23.7 Å². The van der Waals surface area contributed by atoms with Crippen molar-refractivity contribution >= 4 is 0 Å². The molecule has 0 bridgehead atoms. The van der Waals surface area contributed by atoms with Gasteiger partial charge in [-0.2, -0.15) is 0 Å². The van der Waals surface area contributed by atoms with E-state index in [1.54, 1.807) is 0 Å². The summed E-state index contributed by atoms with van der Waals surface area (Å²) in [6, 6.07) is 0. The van der Waals surface area contributed by atoms with E-state index in [-0.39, 0.29) is 18.3 Å². The molecule has 0 saturated carbocycles. The molecule has 1 aliphatic heterocycles. The lowest BCUT2D eigenvalue weighted by atomic mass is 10.0. The standard InChI is InChI=1S/C21H43NO5/c1-4-7-13-23-18-17-27-21(26-16-11-10-12-22)20(25-15-9-6-3)19(18)24-14-8-5-2/h18-21H,4-17,22H2,1-3H3/t18-,19+,20-,21?/m1/s1. The minimum Gasteiger partial charge on any atom is -0.373 e. The molecule has 1 heterocycles. The number of unbranched alkanes of at least 4 members (excludes halogenated alkanes) is 4. The van der Waals surface area contributed by atoms with E-state index >= 15 is 0 Å². The number of ether oxygens (including phenoxy) is 5. The summed E-state index contributed by atoms with van der Waals surface area (Å²) in [5, 5.41) is 0. The van der Waals surface area contributed by atoms with Crippen LogP contribution in [0, 0.1) is 0 Å². The Morgan fingerprint density at radius 1 is 0.704 bits per heavy atom. The second-order valence-electron chi connectivity index (χ2n) is 7.21. The lowest BCUT2D eigenvalue weighted by Gasteiger charge is -2.42. The molecule has 4 atom stereocenters. The van der Waals surface area contributed by atoms with Gasteiger partial charge in [0.1, 0.15) is 18.3 Å². The summed E-state index contributed by atoms with van der Waals surface area (Å²) >= 11 is 0. The third kappa shape index (κ3) is 10.2. The van der Waals surface area contributed by atoms with Gasteiger partial charge in [-0.05, 0) is 38.6 Å². The Labute approximate surface area is 166 Å². The van der Waals surface area contributed by atoms with Crippen molar-refractivity contribution in [2.45, 2.75) is 96.7 Å². The SMILES string of the molecule is CCCCO[C@H]1[C@H](OCCCC)COC(OCCCCN)[C@@H]1OCCCC. The molecule has 6 heteroatoms. The molecule has 0 radical (unpaired) electrons. The maximum atomic E-state index is 6.24. The highest BCUT2D eigenvalue weighted by Gasteiger charge is 2.43. The maximum Gasteiger partial charge on any atom is 0.186 e. The molecule has 0 aromatic rings. The molecule has 0 amide bonds. The normalized spacial score (nSPS) is 25.8. The van der Waals surface area contributed by atoms with Crippen LogP contribution in [0.4, 0.5) is 0 Å². The van der Waals surface area contributed by atoms with Gasteiger partial charge >= 0.3 is 0 Å². The molecular weight excluding hydrogens is 346 g/mol. The number of rotatable bonds is 17. The van der Waals surface area contributed by atoms with Gasteiger partial charge in [0.25, 0.3) is 0 Å². The zero-order valence-corrected chi connectivity index (χ0v) is 17.8. The smallest absolute Gasteiger partial charge is 0.186 e. The quantitative estimate of drug-likeness (QED) is 0.383. The van der Waals surface area contributed by atoms with Crippen LogP contribution in [-0.4, -0.2) is 64.2 Å². The fourth-order valence-corrected chi connectivity index (χ4v) is 2.96. The van der Waals surface area contributed by atoms with E-state index in [4.69, 9.17) is 29.4 Å². The lowest BCUT2D eigenvalue weighted by Crippen LogP contribution is -2.57. The molecule has 1 unspecified atom stereocenters. The average Bonchev–Trinajstić information content (AvgIpc) is 2.68. The van der Waals surface area contributed by atoms with Crippen molar-refractivity contribution in [1.82, 2.24) is 0 Å². The van der Waals surface area contributed by atoms with Crippen molar-refractivity contribution in [1.29, 1.82) is 0 Å². The van der Waals surface area contributed by atoms with Crippen LogP contribution in [0.3, 0.4) is 0 Å². The molecule has 1 saturated heterocycles. The summed E-state index contributed by atoms with van der Waals surface area (Å²) in [6.07, 6.45) is 7.34. The molecule has 1 aliphatic rings. The highest BCUT2D eigenvalue weighted by atomic mass is 16.7. The Hall–Kier alpha value is -0.240. The van der Waals surface area contributed by atoms with Crippen LogP contribution in [0.15, 0.2) is 0 Å². The first-order valence-electron chi connectivity index (χ1n) is 11.1. The van der Waals surface area contributed by atoms with Gasteiger partial charge in [0.05, 0.1) is 6.61 Å². The van der Waals surface area contributed by atoms with Crippen LogP contribution in [0.2, 0.25) is 0 Å². The van der Waals surface area contributed by atoms with Crippen molar-refractivity contribution in [3.63, 3.8) is 0 Å². The molecule has 2 N–H and O–H groups in total. The maximum absolute atomic E-state index is 6.24. The fourth-order valence-electron chi connectivity index (χ4n) is 2.96. The lowest BCUT2D eigenvalue weighted by molar-refractivity contribution is -0.294. The van der Waals surface area contributed by atoms with Gasteiger partial charge in [-0.25, -0.2) is 0 Å². The second-order valence-corrected chi connectivity index (χ2v) is 7.21. The molecule has 162 valence electrons. The van der Waals surface area contributed by atoms with Gasteiger partial charge in [0, 0.05) is 26.4 Å². The molecule has 0 aromatic carbocycles. The summed E-state index contributed by atoms with van der Waals surface area (Å²) < 4.78 is 30.5. The van der Waals surface area contributed by atoms with Crippen molar-refractivity contribution in [2.75, 3.05) is 39.6 Å². The van der Waals surface area contributed by atoms with Gasteiger partial charge in [0.15, 0.2) is 6.29 Å². The van der Waals surface area contributed by atoms with Crippen LogP contribution >= 0.6 is 0 Å². The third-order valence-electron chi connectivity index (χ3n) is 4.71. The second kappa shape index (κ2) is 16.7. The average molecular weight is 390 g/mol. The summed E-state index contributed by atoms with van der Waals surface area (Å²) in [6.45, 7) is 10.4. The van der Waals surface area contributed by atoms with Gasteiger partial charge in [0.2, 0.25) is 0 Å². The van der Waals surface area contributed by atoms with Crippen LogP contribution < -0.4 is 5.73 Å². The Kier molecular flexibility index (Phi) is 15.3. The molecule has 0 aliphatic carbocycles. The van der Waals surface area contributed by atoms with Gasteiger partial charge in [-0.3, -0.25) is 0 Å². The third-order valence-corrected chi connectivity index (χ3v) is 4.71. The summed E-state index contributed by atoms with van der Waals surface area (Å²) in [5.74, 6) is 0. The first kappa shape index (κ1) is 24.8. The molecule has 0 aromatic heterocycles. The summed E-state index contributed by atoms with van der Waals surface area (Å²) in [5.41, 5.74) is 5.57. The molecule has 1 fully saturated rings. The first-order valence-corrected chi connectivity index (χ1v) is 11.1. The van der Waals surface area contributed by atoms with Gasteiger partial charge in [-0.1, -0.05) is 40.0 Å². The molecule has 0 spiro atoms. The highest BCUT2D eigenvalue weighted by molar-refractivity contribution is 4.87. The van der Waals surface area contributed by atoms with Gasteiger partial charge in [-0.15, -0.1) is 0 Å². The van der Waals surface area contributed by atoms with Crippen LogP contribution in [0.5, 0.6) is 0 Å². The molecule has 1 rings (SSSR count). The van der Waals surface area contributed by atoms with E-state index in [2.05, 4.69) is 20.8 Å². The minimum absolute atomic E-state index is 0.107.